The van der Waals surface area contributed by atoms with Crippen molar-refractivity contribution in [2.24, 2.45) is 0 Å². The smallest absolute Gasteiger partial charge is 0.287 e. The van der Waals surface area contributed by atoms with E-state index in [0.717, 1.165) is 5.76 Å². The van der Waals surface area contributed by atoms with Crippen LogP contribution in [0.1, 0.15) is 35.0 Å². The molecule has 1 N–H and O–H groups in total. The minimum Gasteiger partial charge on any atom is -0.464 e. The normalized spacial score (nSPS) is 12.1. The molecule has 0 aliphatic heterocycles. The predicted octanol–water partition coefficient (Wildman–Crippen LogP) is 4.48. The number of rotatable bonds is 4. The molecule has 2 heterocycles. The molecule has 3 rings (SSSR count). The molecule has 5 heteroatoms. The molecule has 1 amide bonds. The number of amides is 1. The minimum atomic E-state index is -0.333. The van der Waals surface area contributed by atoms with E-state index < -0.39 is 0 Å². The molecule has 3 aromatic rings. The Hall–Kier alpha value is -2.82. The minimum absolute atomic E-state index is 0.194. The van der Waals surface area contributed by atoms with Gasteiger partial charge in [-0.1, -0.05) is 0 Å². The molecule has 0 saturated carbocycles. The molecule has 118 valence electrons. The maximum Gasteiger partial charge on any atom is 0.287 e. The quantitative estimate of drug-likeness (QED) is 0.772. The van der Waals surface area contributed by atoms with Gasteiger partial charge in [-0.2, -0.15) is 0 Å². The standard InChI is InChI=1S/C18H16FNO3/c1-11-3-8-15(22-11)12(2)20-18(21)17-10-9-16(23-17)13-4-6-14(19)7-5-13/h3-10,12H,1-2H3,(H,20,21). The van der Waals surface area contributed by atoms with Crippen LogP contribution in [-0.4, -0.2) is 5.91 Å². The van der Waals surface area contributed by atoms with E-state index in [1.807, 2.05) is 26.0 Å². The van der Waals surface area contributed by atoms with Gasteiger partial charge in [0.05, 0.1) is 6.04 Å². The van der Waals surface area contributed by atoms with Crippen molar-refractivity contribution in [2.45, 2.75) is 19.9 Å². The summed E-state index contributed by atoms with van der Waals surface area (Å²) >= 11 is 0. The van der Waals surface area contributed by atoms with Gasteiger partial charge in [0.1, 0.15) is 23.1 Å². The van der Waals surface area contributed by atoms with E-state index >= 15 is 0 Å². The van der Waals surface area contributed by atoms with Gasteiger partial charge in [0.2, 0.25) is 0 Å². The predicted molar refractivity (Wildman–Crippen MR) is 83.4 cm³/mol. The van der Waals surface area contributed by atoms with Crippen LogP contribution in [0, 0.1) is 12.7 Å². The number of hydrogen-bond acceptors (Lipinski definition) is 3. The van der Waals surface area contributed by atoms with Gasteiger partial charge in [-0.3, -0.25) is 4.79 Å². The molecule has 1 unspecified atom stereocenters. The van der Waals surface area contributed by atoms with Crippen molar-refractivity contribution >= 4 is 5.91 Å². The Labute approximate surface area is 132 Å². The van der Waals surface area contributed by atoms with Gasteiger partial charge in [-0.25, -0.2) is 4.39 Å². The van der Waals surface area contributed by atoms with Gasteiger partial charge < -0.3 is 14.2 Å². The lowest BCUT2D eigenvalue weighted by Crippen LogP contribution is -2.25. The molecular formula is C18H16FNO3. The number of halogens is 1. The zero-order valence-electron chi connectivity index (χ0n) is 12.8. The monoisotopic (exact) mass is 313 g/mol. The van der Waals surface area contributed by atoms with Gasteiger partial charge in [-0.05, 0) is 62.4 Å². The fourth-order valence-electron chi connectivity index (χ4n) is 2.25. The lowest BCUT2D eigenvalue weighted by molar-refractivity contribution is 0.0908. The average Bonchev–Trinajstić information content (AvgIpc) is 3.17. The van der Waals surface area contributed by atoms with Crippen LogP contribution in [0.4, 0.5) is 4.39 Å². The molecule has 0 spiro atoms. The van der Waals surface area contributed by atoms with E-state index in [1.54, 1.807) is 24.3 Å². The number of nitrogens with one attached hydrogen (secondary N) is 1. The lowest BCUT2D eigenvalue weighted by atomic mass is 10.2. The van der Waals surface area contributed by atoms with Crippen LogP contribution in [0.2, 0.25) is 0 Å². The Morgan fingerprint density at radius 1 is 1.04 bits per heavy atom. The highest BCUT2D eigenvalue weighted by atomic mass is 19.1. The van der Waals surface area contributed by atoms with Crippen molar-refractivity contribution in [2.75, 3.05) is 0 Å². The first-order chi connectivity index (χ1) is 11.0. The topological polar surface area (TPSA) is 55.4 Å². The molecule has 4 nitrogen and oxygen atoms in total. The molecular weight excluding hydrogens is 297 g/mol. The Bertz CT molecular complexity index is 817. The summed E-state index contributed by atoms with van der Waals surface area (Å²) < 4.78 is 24.0. The molecule has 0 aliphatic rings. The summed E-state index contributed by atoms with van der Waals surface area (Å²) in [5.41, 5.74) is 0.708. The Morgan fingerprint density at radius 2 is 1.78 bits per heavy atom. The molecule has 23 heavy (non-hydrogen) atoms. The number of benzene rings is 1. The number of carbonyl (C=O) groups is 1. The summed E-state index contributed by atoms with van der Waals surface area (Å²) in [6.07, 6.45) is 0. The third-order valence-electron chi connectivity index (χ3n) is 3.49. The summed E-state index contributed by atoms with van der Waals surface area (Å²) in [7, 11) is 0. The van der Waals surface area contributed by atoms with E-state index in [4.69, 9.17) is 8.83 Å². The van der Waals surface area contributed by atoms with E-state index in [1.165, 1.54) is 12.1 Å². The van der Waals surface area contributed by atoms with Gasteiger partial charge in [0.15, 0.2) is 5.76 Å². The maximum absolute atomic E-state index is 12.9. The fraction of sp³-hybridized carbons (Fsp3) is 0.167. The van der Waals surface area contributed by atoms with Crippen molar-refractivity contribution in [3.05, 3.63) is 71.6 Å². The second-order valence-corrected chi connectivity index (χ2v) is 5.31. The van der Waals surface area contributed by atoms with Crippen LogP contribution in [0.5, 0.6) is 0 Å². The number of hydrogen-bond donors (Lipinski definition) is 1. The molecule has 0 aliphatic carbocycles. The molecule has 1 aromatic carbocycles. The third-order valence-corrected chi connectivity index (χ3v) is 3.49. The van der Waals surface area contributed by atoms with E-state index in [2.05, 4.69) is 5.32 Å². The second-order valence-electron chi connectivity index (χ2n) is 5.31. The molecule has 0 saturated heterocycles. The third kappa shape index (κ3) is 3.34. The van der Waals surface area contributed by atoms with Crippen molar-refractivity contribution in [3.8, 4) is 11.3 Å². The molecule has 0 fully saturated rings. The SMILES string of the molecule is Cc1ccc(C(C)NC(=O)c2ccc(-c3ccc(F)cc3)o2)o1. The van der Waals surface area contributed by atoms with Crippen LogP contribution in [0.15, 0.2) is 57.4 Å². The van der Waals surface area contributed by atoms with E-state index in [0.29, 0.717) is 17.1 Å². The van der Waals surface area contributed by atoms with Crippen molar-refractivity contribution < 1.29 is 18.0 Å². The zero-order valence-corrected chi connectivity index (χ0v) is 12.8. The maximum atomic E-state index is 12.9. The van der Waals surface area contributed by atoms with Gasteiger partial charge >= 0.3 is 0 Å². The Balaban J connectivity index is 1.72. The first-order valence-corrected chi connectivity index (χ1v) is 7.26. The van der Waals surface area contributed by atoms with Crippen molar-refractivity contribution in [1.29, 1.82) is 0 Å². The first-order valence-electron chi connectivity index (χ1n) is 7.26. The largest absolute Gasteiger partial charge is 0.464 e. The molecule has 0 bridgehead atoms. The van der Waals surface area contributed by atoms with Gasteiger partial charge in [0, 0.05) is 5.56 Å². The molecule has 2 aromatic heterocycles. The van der Waals surface area contributed by atoms with Crippen LogP contribution in [0.3, 0.4) is 0 Å². The van der Waals surface area contributed by atoms with Crippen LogP contribution < -0.4 is 5.32 Å². The summed E-state index contributed by atoms with van der Waals surface area (Å²) in [5, 5.41) is 2.81. The van der Waals surface area contributed by atoms with E-state index in [-0.39, 0.29) is 23.5 Å². The van der Waals surface area contributed by atoms with Crippen LogP contribution in [0.25, 0.3) is 11.3 Å². The highest BCUT2D eigenvalue weighted by molar-refractivity contribution is 5.92. The number of furan rings is 2. The fourth-order valence-corrected chi connectivity index (χ4v) is 2.25. The Kier molecular flexibility index (Phi) is 4.02. The summed E-state index contributed by atoms with van der Waals surface area (Å²) in [5.74, 6) is 1.52. The summed E-state index contributed by atoms with van der Waals surface area (Å²) in [6.45, 7) is 3.68. The molecule has 1 atom stereocenters. The van der Waals surface area contributed by atoms with Gasteiger partial charge in [0.25, 0.3) is 5.91 Å². The zero-order chi connectivity index (χ0) is 16.4. The lowest BCUT2D eigenvalue weighted by Gasteiger charge is -2.10. The summed E-state index contributed by atoms with van der Waals surface area (Å²) in [4.78, 5) is 12.2. The van der Waals surface area contributed by atoms with Crippen LogP contribution in [-0.2, 0) is 0 Å². The number of carbonyl (C=O) groups excluding carboxylic acids is 1. The number of aryl methyl sites for hydroxylation is 1. The highest BCUT2D eigenvalue weighted by Gasteiger charge is 2.17. The van der Waals surface area contributed by atoms with Crippen molar-refractivity contribution in [3.63, 3.8) is 0 Å². The Morgan fingerprint density at radius 3 is 2.43 bits per heavy atom. The van der Waals surface area contributed by atoms with E-state index in [9.17, 15) is 9.18 Å². The van der Waals surface area contributed by atoms with Crippen LogP contribution >= 0.6 is 0 Å². The van der Waals surface area contributed by atoms with Crippen molar-refractivity contribution in [1.82, 2.24) is 5.32 Å². The first kappa shape index (κ1) is 15.1. The average molecular weight is 313 g/mol. The summed E-state index contributed by atoms with van der Waals surface area (Å²) in [6, 6.07) is 12.6. The van der Waals surface area contributed by atoms with Gasteiger partial charge in [-0.15, -0.1) is 0 Å². The molecule has 0 radical (unpaired) electrons. The highest BCUT2D eigenvalue weighted by Crippen LogP contribution is 2.23. The second kappa shape index (κ2) is 6.12.